The lowest BCUT2D eigenvalue weighted by atomic mass is 10.2. The second-order valence-corrected chi connectivity index (χ2v) is 7.63. The van der Waals surface area contributed by atoms with Gasteiger partial charge >= 0.3 is 0 Å². The Bertz CT molecular complexity index is 801. The number of rotatable bonds is 14. The average Bonchev–Trinajstić information content (AvgIpc) is 2.83. The zero-order valence-electron chi connectivity index (χ0n) is 18.2. The molecule has 0 radical (unpaired) electrons. The molecule has 32 heavy (non-hydrogen) atoms. The fourth-order valence-corrected chi connectivity index (χ4v) is 3.09. The average molecular weight is 437 g/mol. The van der Waals surface area contributed by atoms with Gasteiger partial charge in [0.25, 0.3) is 0 Å². The summed E-state index contributed by atoms with van der Waals surface area (Å²) in [5, 5.41) is 26.6. The van der Waals surface area contributed by atoms with Crippen molar-refractivity contribution in [2.24, 2.45) is 0 Å². The lowest BCUT2D eigenvalue weighted by Gasteiger charge is -2.15. The Hall–Kier alpha value is -2.90. The summed E-state index contributed by atoms with van der Waals surface area (Å²) in [4.78, 5) is 0. The third kappa shape index (κ3) is 9.08. The van der Waals surface area contributed by atoms with E-state index in [4.69, 9.17) is 9.47 Å². The summed E-state index contributed by atoms with van der Waals surface area (Å²) in [5.41, 5.74) is 2.35. The predicted octanol–water partition coefficient (Wildman–Crippen LogP) is 2.75. The molecule has 0 fully saturated rings. The highest BCUT2D eigenvalue weighted by Gasteiger charge is 2.07. The van der Waals surface area contributed by atoms with E-state index < -0.39 is 12.2 Å². The SMILES string of the molecule is O[C@H](CNCc1ccccc1)COc1ccc(OC[C@H](O)CNCc2ccccc2)cc1. The molecule has 3 aromatic rings. The highest BCUT2D eigenvalue weighted by atomic mass is 16.5. The predicted molar refractivity (Wildman–Crippen MR) is 126 cm³/mol. The molecule has 6 nitrogen and oxygen atoms in total. The van der Waals surface area contributed by atoms with Gasteiger partial charge < -0.3 is 30.3 Å². The van der Waals surface area contributed by atoms with Crippen LogP contribution < -0.4 is 20.1 Å². The van der Waals surface area contributed by atoms with E-state index >= 15 is 0 Å². The maximum Gasteiger partial charge on any atom is 0.119 e. The molecule has 0 heterocycles. The van der Waals surface area contributed by atoms with Crippen molar-refractivity contribution in [3.05, 3.63) is 96.1 Å². The molecular weight excluding hydrogens is 404 g/mol. The van der Waals surface area contributed by atoms with E-state index in [0.29, 0.717) is 37.7 Å². The zero-order chi connectivity index (χ0) is 22.4. The molecule has 0 aliphatic rings. The molecule has 0 aromatic heterocycles. The minimum absolute atomic E-state index is 0.202. The van der Waals surface area contributed by atoms with Crippen molar-refractivity contribution in [1.82, 2.24) is 10.6 Å². The first-order valence-corrected chi connectivity index (χ1v) is 10.9. The van der Waals surface area contributed by atoms with E-state index in [9.17, 15) is 10.2 Å². The van der Waals surface area contributed by atoms with Crippen molar-refractivity contribution >= 4 is 0 Å². The van der Waals surface area contributed by atoms with Gasteiger partial charge in [0.1, 0.15) is 36.9 Å². The number of aliphatic hydroxyl groups excluding tert-OH is 2. The number of nitrogens with one attached hydrogen (secondary N) is 2. The van der Waals surface area contributed by atoms with E-state index in [-0.39, 0.29) is 13.2 Å². The fourth-order valence-electron chi connectivity index (χ4n) is 3.09. The van der Waals surface area contributed by atoms with Crippen LogP contribution >= 0.6 is 0 Å². The van der Waals surface area contributed by atoms with Gasteiger partial charge in [-0.2, -0.15) is 0 Å². The Balaban J connectivity index is 1.27. The number of hydrogen-bond acceptors (Lipinski definition) is 6. The molecule has 0 unspecified atom stereocenters. The largest absolute Gasteiger partial charge is 0.491 e. The second-order valence-electron chi connectivity index (χ2n) is 7.63. The molecule has 6 heteroatoms. The van der Waals surface area contributed by atoms with Crippen molar-refractivity contribution < 1.29 is 19.7 Å². The van der Waals surface area contributed by atoms with Crippen LogP contribution in [0.1, 0.15) is 11.1 Å². The molecule has 0 saturated heterocycles. The van der Waals surface area contributed by atoms with Crippen molar-refractivity contribution in [2.45, 2.75) is 25.3 Å². The lowest BCUT2D eigenvalue weighted by Crippen LogP contribution is -2.31. The monoisotopic (exact) mass is 436 g/mol. The highest BCUT2D eigenvalue weighted by molar-refractivity contribution is 5.31. The lowest BCUT2D eigenvalue weighted by molar-refractivity contribution is 0.104. The van der Waals surface area contributed by atoms with E-state index in [0.717, 1.165) is 0 Å². The number of ether oxygens (including phenoxy) is 2. The Kier molecular flexibility index (Phi) is 10.0. The van der Waals surface area contributed by atoms with Crippen molar-refractivity contribution in [1.29, 1.82) is 0 Å². The Morgan fingerprint density at radius 1 is 0.562 bits per heavy atom. The standard InChI is InChI=1S/C26H32N2O4/c29-23(17-27-15-21-7-3-1-4-8-21)19-31-25-11-13-26(14-12-25)32-20-24(30)18-28-16-22-9-5-2-6-10-22/h1-14,23-24,27-30H,15-20H2/t23-,24-/m1/s1. The smallest absolute Gasteiger partial charge is 0.119 e. The summed E-state index contributed by atoms with van der Waals surface area (Å²) in [6.07, 6.45) is -1.21. The molecule has 0 spiro atoms. The van der Waals surface area contributed by atoms with Crippen LogP contribution in [0.25, 0.3) is 0 Å². The molecule has 2 atom stereocenters. The van der Waals surface area contributed by atoms with Gasteiger partial charge in [-0.15, -0.1) is 0 Å². The second kappa shape index (κ2) is 13.5. The minimum Gasteiger partial charge on any atom is -0.491 e. The molecule has 170 valence electrons. The fraction of sp³-hybridized carbons (Fsp3) is 0.308. The highest BCUT2D eigenvalue weighted by Crippen LogP contribution is 2.18. The summed E-state index contributed by atoms with van der Waals surface area (Å²) in [6.45, 7) is 2.72. The molecule has 0 saturated carbocycles. The van der Waals surface area contributed by atoms with Crippen LogP contribution in [0.3, 0.4) is 0 Å². The van der Waals surface area contributed by atoms with E-state index in [1.165, 1.54) is 11.1 Å². The van der Waals surface area contributed by atoms with Crippen LogP contribution in [-0.4, -0.2) is 48.7 Å². The molecule has 3 rings (SSSR count). The van der Waals surface area contributed by atoms with E-state index in [2.05, 4.69) is 10.6 Å². The van der Waals surface area contributed by atoms with E-state index in [1.807, 2.05) is 60.7 Å². The van der Waals surface area contributed by atoms with Crippen LogP contribution in [0.4, 0.5) is 0 Å². The third-order valence-electron chi connectivity index (χ3n) is 4.81. The van der Waals surface area contributed by atoms with Crippen molar-refractivity contribution in [3.8, 4) is 11.5 Å². The summed E-state index contributed by atoms with van der Waals surface area (Å²) in [5.74, 6) is 1.31. The van der Waals surface area contributed by atoms with Gasteiger partial charge in [0.15, 0.2) is 0 Å². The summed E-state index contributed by atoms with van der Waals surface area (Å²) in [6, 6.07) is 27.3. The van der Waals surface area contributed by atoms with Crippen molar-refractivity contribution in [3.63, 3.8) is 0 Å². The minimum atomic E-state index is -0.604. The third-order valence-corrected chi connectivity index (χ3v) is 4.81. The molecule has 3 aromatic carbocycles. The molecule has 0 bridgehead atoms. The molecular formula is C26H32N2O4. The van der Waals surface area contributed by atoms with Crippen LogP contribution in [0, 0.1) is 0 Å². The van der Waals surface area contributed by atoms with Crippen LogP contribution in [0.2, 0.25) is 0 Å². The Labute approximate surface area is 189 Å². The molecule has 0 aliphatic heterocycles. The number of hydrogen-bond donors (Lipinski definition) is 4. The maximum absolute atomic E-state index is 10.1. The van der Waals surface area contributed by atoms with Gasteiger partial charge in [-0.25, -0.2) is 0 Å². The number of aliphatic hydroxyl groups is 2. The van der Waals surface area contributed by atoms with Gasteiger partial charge in [-0.3, -0.25) is 0 Å². The van der Waals surface area contributed by atoms with Crippen molar-refractivity contribution in [2.75, 3.05) is 26.3 Å². The normalized spacial score (nSPS) is 12.8. The van der Waals surface area contributed by atoms with Gasteiger partial charge in [-0.05, 0) is 35.4 Å². The van der Waals surface area contributed by atoms with Crippen LogP contribution in [-0.2, 0) is 13.1 Å². The number of benzene rings is 3. The summed E-state index contributed by atoms with van der Waals surface area (Å²) < 4.78 is 11.3. The Morgan fingerprint density at radius 3 is 1.31 bits per heavy atom. The molecule has 4 N–H and O–H groups in total. The quantitative estimate of drug-likeness (QED) is 0.311. The van der Waals surface area contributed by atoms with Crippen LogP contribution in [0.15, 0.2) is 84.9 Å². The first-order valence-electron chi connectivity index (χ1n) is 10.9. The van der Waals surface area contributed by atoms with Gasteiger partial charge in [0, 0.05) is 26.2 Å². The topological polar surface area (TPSA) is 83.0 Å². The van der Waals surface area contributed by atoms with Gasteiger partial charge in [0.05, 0.1) is 0 Å². The molecule has 0 aliphatic carbocycles. The summed E-state index contributed by atoms with van der Waals surface area (Å²) >= 11 is 0. The first-order chi connectivity index (χ1) is 15.7. The molecule has 0 amide bonds. The van der Waals surface area contributed by atoms with Gasteiger partial charge in [-0.1, -0.05) is 60.7 Å². The zero-order valence-corrected chi connectivity index (χ0v) is 18.2. The summed E-state index contributed by atoms with van der Waals surface area (Å²) in [7, 11) is 0. The van der Waals surface area contributed by atoms with Crippen LogP contribution in [0.5, 0.6) is 11.5 Å². The maximum atomic E-state index is 10.1. The Morgan fingerprint density at radius 2 is 0.938 bits per heavy atom. The van der Waals surface area contributed by atoms with E-state index in [1.54, 1.807) is 24.3 Å². The van der Waals surface area contributed by atoms with Gasteiger partial charge in [0.2, 0.25) is 0 Å². The first kappa shape index (κ1) is 23.8.